The SMILES string of the molecule is COCCn1c(SCC(=O)N(C)Cc2ccccc2Br)nnc1-c1ccncc1. The van der Waals surface area contributed by atoms with Crippen LogP contribution in [0.4, 0.5) is 0 Å². The minimum absolute atomic E-state index is 0.0255. The lowest BCUT2D eigenvalue weighted by atomic mass is 10.2. The summed E-state index contributed by atoms with van der Waals surface area (Å²) in [5.41, 5.74) is 1.99. The minimum Gasteiger partial charge on any atom is -0.383 e. The number of nitrogens with zero attached hydrogens (tertiary/aromatic N) is 5. The van der Waals surface area contributed by atoms with Crippen LogP contribution in [0.25, 0.3) is 11.4 Å². The third-order valence-electron chi connectivity index (χ3n) is 4.29. The van der Waals surface area contributed by atoms with Crippen molar-refractivity contribution in [2.75, 3.05) is 26.5 Å². The molecule has 0 aliphatic rings. The average molecular weight is 476 g/mol. The van der Waals surface area contributed by atoms with E-state index in [9.17, 15) is 4.79 Å². The smallest absolute Gasteiger partial charge is 0.233 e. The zero-order chi connectivity index (χ0) is 20.6. The highest BCUT2D eigenvalue weighted by Crippen LogP contribution is 2.24. The molecule has 0 spiro atoms. The number of amides is 1. The molecule has 3 rings (SSSR count). The highest BCUT2D eigenvalue weighted by molar-refractivity contribution is 9.10. The predicted octanol–water partition coefficient (Wildman–Crippen LogP) is 3.50. The number of carbonyl (C=O) groups excluding carboxylic acids is 1. The van der Waals surface area contributed by atoms with Gasteiger partial charge in [0.05, 0.1) is 18.9 Å². The van der Waals surface area contributed by atoms with E-state index in [4.69, 9.17) is 4.74 Å². The second-order valence-corrected chi connectivity index (χ2v) is 8.11. The van der Waals surface area contributed by atoms with Crippen molar-refractivity contribution < 1.29 is 9.53 Å². The van der Waals surface area contributed by atoms with Gasteiger partial charge < -0.3 is 9.64 Å². The zero-order valence-electron chi connectivity index (χ0n) is 16.3. The molecule has 0 saturated heterocycles. The molecule has 0 radical (unpaired) electrons. The maximum Gasteiger partial charge on any atom is 0.233 e. The lowest BCUT2D eigenvalue weighted by Crippen LogP contribution is -2.28. The molecule has 9 heteroatoms. The average Bonchev–Trinajstić information content (AvgIpc) is 3.15. The summed E-state index contributed by atoms with van der Waals surface area (Å²) < 4.78 is 8.20. The maximum atomic E-state index is 12.6. The molecule has 3 aromatic rings. The van der Waals surface area contributed by atoms with Crippen molar-refractivity contribution >= 4 is 33.6 Å². The summed E-state index contributed by atoms with van der Waals surface area (Å²) in [4.78, 5) is 18.4. The number of hydrogen-bond donors (Lipinski definition) is 0. The third-order valence-corrected chi connectivity index (χ3v) is 6.02. The number of ether oxygens (including phenoxy) is 1. The van der Waals surface area contributed by atoms with Gasteiger partial charge in [-0.25, -0.2) is 0 Å². The molecule has 0 atom stereocenters. The van der Waals surface area contributed by atoms with Crippen LogP contribution in [0.1, 0.15) is 5.56 Å². The van der Waals surface area contributed by atoms with Crippen LogP contribution < -0.4 is 0 Å². The van der Waals surface area contributed by atoms with Gasteiger partial charge in [-0.2, -0.15) is 0 Å². The highest BCUT2D eigenvalue weighted by atomic mass is 79.9. The van der Waals surface area contributed by atoms with Gasteiger partial charge >= 0.3 is 0 Å². The number of aromatic nitrogens is 4. The lowest BCUT2D eigenvalue weighted by molar-refractivity contribution is -0.127. The minimum atomic E-state index is 0.0255. The molecule has 7 nitrogen and oxygen atoms in total. The molecule has 2 heterocycles. The van der Waals surface area contributed by atoms with E-state index in [0.717, 1.165) is 21.4 Å². The van der Waals surface area contributed by atoms with Gasteiger partial charge in [0.2, 0.25) is 5.91 Å². The zero-order valence-corrected chi connectivity index (χ0v) is 18.7. The van der Waals surface area contributed by atoms with Crippen LogP contribution >= 0.6 is 27.7 Å². The predicted molar refractivity (Wildman–Crippen MR) is 116 cm³/mol. The van der Waals surface area contributed by atoms with E-state index in [2.05, 4.69) is 31.1 Å². The Morgan fingerprint density at radius 2 is 1.97 bits per heavy atom. The fourth-order valence-electron chi connectivity index (χ4n) is 2.70. The summed E-state index contributed by atoms with van der Waals surface area (Å²) >= 11 is 4.91. The Balaban J connectivity index is 1.68. The molecule has 0 bridgehead atoms. The van der Waals surface area contributed by atoms with Gasteiger partial charge in [-0.05, 0) is 23.8 Å². The Morgan fingerprint density at radius 3 is 2.69 bits per heavy atom. The van der Waals surface area contributed by atoms with Crippen molar-refractivity contribution in [3.63, 3.8) is 0 Å². The molecular formula is C20H22BrN5O2S. The highest BCUT2D eigenvalue weighted by Gasteiger charge is 2.17. The quantitative estimate of drug-likeness (QED) is 0.441. The van der Waals surface area contributed by atoms with E-state index in [0.29, 0.717) is 24.9 Å². The van der Waals surface area contributed by atoms with Crippen LogP contribution in [0.2, 0.25) is 0 Å². The van der Waals surface area contributed by atoms with Crippen LogP contribution in [0.15, 0.2) is 58.4 Å². The van der Waals surface area contributed by atoms with E-state index < -0.39 is 0 Å². The van der Waals surface area contributed by atoms with Crippen molar-refractivity contribution in [1.29, 1.82) is 0 Å². The summed E-state index contributed by atoms with van der Waals surface area (Å²) in [6.07, 6.45) is 3.44. The topological polar surface area (TPSA) is 73.1 Å². The van der Waals surface area contributed by atoms with Crippen LogP contribution in [-0.4, -0.2) is 57.1 Å². The number of halogens is 1. The molecule has 29 heavy (non-hydrogen) atoms. The summed E-state index contributed by atoms with van der Waals surface area (Å²) in [6, 6.07) is 11.7. The number of pyridine rings is 1. The first-order valence-corrected chi connectivity index (χ1v) is 10.8. The van der Waals surface area contributed by atoms with Crippen molar-refractivity contribution in [3.05, 3.63) is 58.8 Å². The van der Waals surface area contributed by atoms with Crippen molar-refractivity contribution in [2.24, 2.45) is 0 Å². The van der Waals surface area contributed by atoms with Gasteiger partial charge in [-0.15, -0.1) is 10.2 Å². The standard InChI is InChI=1S/C20H22BrN5O2S/c1-25(13-16-5-3-4-6-17(16)21)18(27)14-29-20-24-23-19(26(20)11-12-28-2)15-7-9-22-10-8-15/h3-10H,11-14H2,1-2H3. The Kier molecular flexibility index (Phi) is 7.79. The molecule has 0 N–H and O–H groups in total. The van der Waals surface area contributed by atoms with Crippen LogP contribution in [0.5, 0.6) is 0 Å². The van der Waals surface area contributed by atoms with Gasteiger partial charge in [-0.3, -0.25) is 14.3 Å². The number of methoxy groups -OCH3 is 1. The molecule has 2 aromatic heterocycles. The largest absolute Gasteiger partial charge is 0.383 e. The van der Waals surface area contributed by atoms with Crippen LogP contribution in [-0.2, 0) is 22.6 Å². The maximum absolute atomic E-state index is 12.6. The number of hydrogen-bond acceptors (Lipinski definition) is 6. The Morgan fingerprint density at radius 1 is 1.21 bits per heavy atom. The molecule has 152 valence electrons. The Labute approximate surface area is 182 Å². The Bertz CT molecular complexity index is 951. The lowest BCUT2D eigenvalue weighted by Gasteiger charge is -2.18. The van der Waals surface area contributed by atoms with Gasteiger partial charge in [0.15, 0.2) is 11.0 Å². The summed E-state index contributed by atoms with van der Waals surface area (Å²) in [6.45, 7) is 1.67. The summed E-state index contributed by atoms with van der Waals surface area (Å²) in [5, 5.41) is 9.31. The van der Waals surface area contributed by atoms with Crippen molar-refractivity contribution in [3.8, 4) is 11.4 Å². The van der Waals surface area contributed by atoms with Gasteiger partial charge in [0, 0.05) is 43.1 Å². The molecule has 0 aliphatic carbocycles. The first kappa shape index (κ1) is 21.5. The molecule has 0 unspecified atom stereocenters. The van der Waals surface area contributed by atoms with Crippen molar-refractivity contribution in [1.82, 2.24) is 24.6 Å². The number of thioether (sulfide) groups is 1. The van der Waals surface area contributed by atoms with Gasteiger partial charge in [-0.1, -0.05) is 45.9 Å². The van der Waals surface area contributed by atoms with Crippen LogP contribution in [0.3, 0.4) is 0 Å². The molecular weight excluding hydrogens is 454 g/mol. The molecule has 1 aromatic carbocycles. The molecule has 1 amide bonds. The fourth-order valence-corrected chi connectivity index (χ4v) is 4.02. The monoisotopic (exact) mass is 475 g/mol. The number of benzene rings is 1. The van der Waals surface area contributed by atoms with E-state index in [-0.39, 0.29) is 11.7 Å². The van der Waals surface area contributed by atoms with Gasteiger partial charge in [0.1, 0.15) is 0 Å². The van der Waals surface area contributed by atoms with Gasteiger partial charge in [0.25, 0.3) is 0 Å². The summed E-state index contributed by atoms with van der Waals surface area (Å²) in [5.74, 6) is 1.04. The third kappa shape index (κ3) is 5.65. The second kappa shape index (κ2) is 10.5. The van der Waals surface area contributed by atoms with E-state index in [1.54, 1.807) is 31.5 Å². The number of rotatable bonds is 9. The molecule has 0 fully saturated rings. The van der Waals surface area contributed by atoms with Crippen molar-refractivity contribution in [2.45, 2.75) is 18.2 Å². The first-order chi connectivity index (χ1) is 14.1. The number of carbonyl (C=O) groups is 1. The molecule has 0 aliphatic heterocycles. The van der Waals surface area contributed by atoms with E-state index in [1.165, 1.54) is 11.8 Å². The second-order valence-electron chi connectivity index (χ2n) is 6.32. The normalized spacial score (nSPS) is 10.9. The summed E-state index contributed by atoms with van der Waals surface area (Å²) in [7, 11) is 3.46. The first-order valence-electron chi connectivity index (χ1n) is 9.03. The van der Waals surface area contributed by atoms with Crippen LogP contribution in [0, 0.1) is 0 Å². The van der Waals surface area contributed by atoms with E-state index >= 15 is 0 Å². The van der Waals surface area contributed by atoms with E-state index in [1.807, 2.05) is 41.0 Å². The molecule has 0 saturated carbocycles. The Hall–Kier alpha value is -2.23. The fraction of sp³-hybridized carbons (Fsp3) is 0.300.